The van der Waals surface area contributed by atoms with Gasteiger partial charge in [0.1, 0.15) is 15.7 Å². The zero-order valence-electron chi connectivity index (χ0n) is 21.0. The van der Waals surface area contributed by atoms with Crippen molar-refractivity contribution >= 4 is 15.9 Å². The minimum atomic E-state index is -5.04. The molecule has 5 nitrogen and oxygen atoms in total. The number of carbonyl (C=O) groups is 1. The van der Waals surface area contributed by atoms with E-state index in [2.05, 4.69) is 0 Å². The van der Waals surface area contributed by atoms with Crippen LogP contribution in [0.4, 0.5) is 35.5 Å². The summed E-state index contributed by atoms with van der Waals surface area (Å²) < 4.78 is 118. The van der Waals surface area contributed by atoms with Crippen LogP contribution in [0.2, 0.25) is 0 Å². The van der Waals surface area contributed by atoms with E-state index in [4.69, 9.17) is 0 Å². The molecule has 2 aromatic carbocycles. The molecule has 1 heterocycles. The average molecular weight is 569 g/mol. The highest BCUT2D eigenvalue weighted by atomic mass is 32.2. The normalized spacial score (nSPS) is 19.8. The Labute approximate surface area is 216 Å². The summed E-state index contributed by atoms with van der Waals surface area (Å²) >= 11 is 0. The molecule has 1 unspecified atom stereocenters. The highest BCUT2D eigenvalue weighted by molar-refractivity contribution is 7.91. The first kappa shape index (κ1) is 29.7. The molecule has 1 aliphatic heterocycles. The van der Waals surface area contributed by atoms with Crippen molar-refractivity contribution in [2.45, 2.75) is 56.4 Å². The molecule has 38 heavy (non-hydrogen) atoms. The summed E-state index contributed by atoms with van der Waals surface area (Å²) in [4.78, 5) is 15.9. The van der Waals surface area contributed by atoms with E-state index in [0.29, 0.717) is 23.3 Å². The van der Waals surface area contributed by atoms with Gasteiger partial charge in [-0.2, -0.15) is 26.3 Å². The number of benzene rings is 2. The average Bonchev–Trinajstić information content (AvgIpc) is 2.80. The number of likely N-dealkylation sites (tertiary alicyclic amines) is 1. The summed E-state index contributed by atoms with van der Waals surface area (Å²) in [6.07, 6.45) is -8.93. The monoisotopic (exact) mass is 568 g/mol. The number of halogens is 7. The Hall–Kier alpha value is -2.83. The fourth-order valence-corrected chi connectivity index (χ4v) is 5.74. The Bertz CT molecular complexity index is 1280. The van der Waals surface area contributed by atoms with E-state index in [0.717, 1.165) is 11.2 Å². The van der Waals surface area contributed by atoms with Crippen LogP contribution in [-0.2, 0) is 22.2 Å². The summed E-state index contributed by atoms with van der Waals surface area (Å²) in [7, 11) is -2.24. The zero-order valence-corrected chi connectivity index (χ0v) is 21.8. The molecule has 0 N–H and O–H groups in total. The SMILES string of the molecule is Cc1cc(F)ccc1[C@H]1C[C@@H](S(C)(=O)=O)CCN1C(=O)N(C)C(C)c1cc(C(F)(F)F)cc(C(F)(F)F)c1. The highest BCUT2D eigenvalue weighted by Crippen LogP contribution is 2.40. The molecule has 1 aliphatic rings. The molecule has 1 saturated heterocycles. The maximum atomic E-state index is 13.7. The highest BCUT2D eigenvalue weighted by Gasteiger charge is 2.41. The standard InChI is InChI=1S/C25H27F7N2O3S/c1-14-9-19(26)5-6-21(14)22-13-20(38(4,36)37)7-8-34(22)23(35)33(3)15(2)16-10-17(24(27,28)29)12-18(11-16)25(30,31)32/h5-6,9-12,15,20,22H,7-8,13H2,1-4H3/t15?,20-,22+/m0/s1. The predicted molar refractivity (Wildman–Crippen MR) is 126 cm³/mol. The lowest BCUT2D eigenvalue weighted by molar-refractivity contribution is -0.143. The molecule has 3 atom stereocenters. The molecule has 0 aromatic heterocycles. The lowest BCUT2D eigenvalue weighted by Gasteiger charge is -2.42. The van der Waals surface area contributed by atoms with E-state index in [1.54, 1.807) is 6.92 Å². The van der Waals surface area contributed by atoms with Gasteiger partial charge in [0.2, 0.25) is 0 Å². The number of piperidine rings is 1. The molecule has 0 aliphatic carbocycles. The van der Waals surface area contributed by atoms with Crippen LogP contribution < -0.4 is 0 Å². The molecular weight excluding hydrogens is 541 g/mol. The predicted octanol–water partition coefficient (Wildman–Crippen LogP) is 6.53. The Kier molecular flexibility index (Phi) is 8.12. The van der Waals surface area contributed by atoms with E-state index < -0.39 is 62.5 Å². The lowest BCUT2D eigenvalue weighted by atomic mass is 9.92. The Morgan fingerprint density at radius 1 is 1.03 bits per heavy atom. The number of urea groups is 1. The number of alkyl halides is 6. The summed E-state index contributed by atoms with van der Waals surface area (Å²) in [6.45, 7) is 2.86. The maximum Gasteiger partial charge on any atom is 0.416 e. The van der Waals surface area contributed by atoms with E-state index in [1.165, 1.54) is 37.1 Å². The summed E-state index contributed by atoms with van der Waals surface area (Å²) in [6, 6.07) is 2.27. The van der Waals surface area contributed by atoms with Crippen LogP contribution >= 0.6 is 0 Å². The second kappa shape index (κ2) is 10.4. The lowest BCUT2D eigenvalue weighted by Crippen LogP contribution is -2.49. The molecule has 2 aromatic rings. The maximum absolute atomic E-state index is 13.7. The first-order valence-electron chi connectivity index (χ1n) is 11.6. The number of sulfone groups is 1. The van der Waals surface area contributed by atoms with Crippen LogP contribution in [0.25, 0.3) is 0 Å². The molecular formula is C25H27F7N2O3S. The number of hydrogen-bond donors (Lipinski definition) is 0. The van der Waals surface area contributed by atoms with Gasteiger partial charge in [-0.3, -0.25) is 0 Å². The van der Waals surface area contributed by atoms with Gasteiger partial charge in [-0.15, -0.1) is 0 Å². The van der Waals surface area contributed by atoms with Crippen LogP contribution in [0.1, 0.15) is 59.7 Å². The smallest absolute Gasteiger partial charge is 0.321 e. The molecule has 0 bridgehead atoms. The van der Waals surface area contributed by atoms with Crippen molar-refractivity contribution in [1.29, 1.82) is 0 Å². The van der Waals surface area contributed by atoms with Gasteiger partial charge >= 0.3 is 18.4 Å². The number of nitrogens with zero attached hydrogens (tertiary/aromatic N) is 2. The molecule has 210 valence electrons. The van der Waals surface area contributed by atoms with Gasteiger partial charge in [0.05, 0.1) is 28.5 Å². The number of hydrogen-bond acceptors (Lipinski definition) is 3. The third kappa shape index (κ3) is 6.41. The molecule has 2 amide bonds. The minimum Gasteiger partial charge on any atom is -0.321 e. The zero-order chi connectivity index (χ0) is 28.8. The van der Waals surface area contributed by atoms with Crippen LogP contribution in [0, 0.1) is 12.7 Å². The molecule has 0 radical (unpaired) electrons. The molecule has 0 saturated carbocycles. The van der Waals surface area contributed by atoms with Gasteiger partial charge in [0.25, 0.3) is 0 Å². The fourth-order valence-electron chi connectivity index (χ4n) is 4.67. The van der Waals surface area contributed by atoms with Crippen molar-refractivity contribution in [1.82, 2.24) is 9.80 Å². The van der Waals surface area contributed by atoms with Crippen molar-refractivity contribution in [3.63, 3.8) is 0 Å². The first-order valence-corrected chi connectivity index (χ1v) is 13.5. The van der Waals surface area contributed by atoms with Gasteiger partial charge in [-0.25, -0.2) is 17.6 Å². The Morgan fingerprint density at radius 3 is 2.05 bits per heavy atom. The third-order valence-corrected chi connectivity index (χ3v) is 8.61. The van der Waals surface area contributed by atoms with Crippen LogP contribution in [0.5, 0.6) is 0 Å². The van der Waals surface area contributed by atoms with E-state index in [-0.39, 0.29) is 31.0 Å². The van der Waals surface area contributed by atoms with Crippen molar-refractivity contribution in [3.8, 4) is 0 Å². The van der Waals surface area contributed by atoms with Crippen molar-refractivity contribution in [2.24, 2.45) is 0 Å². The van der Waals surface area contributed by atoms with Crippen LogP contribution in [-0.4, -0.2) is 49.3 Å². The summed E-state index contributed by atoms with van der Waals surface area (Å²) in [5.74, 6) is -0.532. The van der Waals surface area contributed by atoms with Crippen LogP contribution in [0.3, 0.4) is 0 Å². The summed E-state index contributed by atoms with van der Waals surface area (Å²) in [5.41, 5.74) is -2.41. The van der Waals surface area contributed by atoms with E-state index in [9.17, 15) is 43.9 Å². The number of rotatable bonds is 4. The van der Waals surface area contributed by atoms with Gasteiger partial charge in [0, 0.05) is 19.8 Å². The summed E-state index contributed by atoms with van der Waals surface area (Å²) in [5, 5.41) is -0.790. The van der Waals surface area contributed by atoms with Gasteiger partial charge < -0.3 is 9.80 Å². The topological polar surface area (TPSA) is 57.7 Å². The second-order valence-corrected chi connectivity index (χ2v) is 11.9. The van der Waals surface area contributed by atoms with Crippen molar-refractivity contribution in [3.05, 3.63) is 70.0 Å². The Balaban J connectivity index is 2.00. The number of aryl methyl sites for hydroxylation is 1. The quantitative estimate of drug-likeness (QED) is 0.394. The van der Waals surface area contributed by atoms with E-state index >= 15 is 0 Å². The minimum absolute atomic E-state index is 0.00104. The Morgan fingerprint density at radius 2 is 1.58 bits per heavy atom. The van der Waals surface area contributed by atoms with E-state index in [1.807, 2.05) is 0 Å². The van der Waals surface area contributed by atoms with Crippen molar-refractivity contribution in [2.75, 3.05) is 19.8 Å². The number of carbonyl (C=O) groups excluding carboxylic acids is 1. The van der Waals surface area contributed by atoms with Crippen molar-refractivity contribution < 1.29 is 43.9 Å². The third-order valence-electron chi connectivity index (χ3n) is 6.97. The van der Waals surface area contributed by atoms with Gasteiger partial charge in [-0.1, -0.05) is 6.07 Å². The molecule has 3 rings (SSSR count). The number of amides is 2. The first-order chi connectivity index (χ1) is 17.3. The fraction of sp³-hybridized carbons (Fsp3) is 0.480. The largest absolute Gasteiger partial charge is 0.416 e. The second-order valence-electron chi connectivity index (χ2n) is 9.59. The van der Waals surface area contributed by atoms with Gasteiger partial charge in [0.15, 0.2) is 0 Å². The molecule has 13 heteroatoms. The molecule has 0 spiro atoms. The van der Waals surface area contributed by atoms with Crippen LogP contribution in [0.15, 0.2) is 36.4 Å². The van der Waals surface area contributed by atoms with Gasteiger partial charge in [-0.05, 0) is 73.7 Å². The molecule has 1 fully saturated rings.